The second-order valence-electron chi connectivity index (χ2n) is 5.02. The topological polar surface area (TPSA) is 50.9 Å². The highest BCUT2D eigenvalue weighted by atomic mass is 16.3. The molecule has 0 amide bonds. The lowest BCUT2D eigenvalue weighted by molar-refractivity contribution is 0.276. The zero-order chi connectivity index (χ0) is 10.3. The van der Waals surface area contributed by atoms with E-state index in [2.05, 4.69) is 10.3 Å². The van der Waals surface area contributed by atoms with E-state index in [1.807, 2.05) is 10.9 Å². The summed E-state index contributed by atoms with van der Waals surface area (Å²) in [5, 5.41) is 16.8. The summed E-state index contributed by atoms with van der Waals surface area (Å²) in [5.74, 6) is 2.72. The Morgan fingerprint density at radius 1 is 1.40 bits per heavy atom. The molecule has 0 saturated heterocycles. The third-order valence-corrected chi connectivity index (χ3v) is 4.05. The van der Waals surface area contributed by atoms with Crippen LogP contribution in [0.5, 0.6) is 0 Å². The van der Waals surface area contributed by atoms with Crippen LogP contribution in [0.25, 0.3) is 0 Å². The summed E-state index contributed by atoms with van der Waals surface area (Å²) in [6.07, 6.45) is 7.54. The van der Waals surface area contributed by atoms with Crippen LogP contribution in [0.3, 0.4) is 0 Å². The van der Waals surface area contributed by atoms with E-state index in [0.29, 0.717) is 5.69 Å². The molecule has 0 radical (unpaired) electrons. The fraction of sp³-hybridized carbons (Fsp3) is 0.818. The Hall–Kier alpha value is -0.900. The third-order valence-electron chi connectivity index (χ3n) is 4.05. The Labute approximate surface area is 89.3 Å². The number of hydrogen-bond donors (Lipinski definition) is 1. The van der Waals surface area contributed by atoms with Crippen molar-refractivity contribution in [1.29, 1.82) is 0 Å². The summed E-state index contributed by atoms with van der Waals surface area (Å²) in [6.45, 7) is 0.991. The summed E-state index contributed by atoms with van der Waals surface area (Å²) in [7, 11) is 0. The van der Waals surface area contributed by atoms with Gasteiger partial charge in [-0.05, 0) is 37.0 Å². The van der Waals surface area contributed by atoms with E-state index in [1.165, 1.54) is 25.7 Å². The number of aromatic nitrogens is 3. The number of hydrogen-bond acceptors (Lipinski definition) is 3. The second-order valence-corrected chi connectivity index (χ2v) is 5.02. The molecule has 1 aromatic rings. The van der Waals surface area contributed by atoms with Crippen molar-refractivity contribution in [3.05, 3.63) is 11.9 Å². The van der Waals surface area contributed by atoms with Gasteiger partial charge in [-0.15, -0.1) is 5.10 Å². The molecule has 2 saturated carbocycles. The van der Waals surface area contributed by atoms with Crippen LogP contribution in [0.1, 0.15) is 31.4 Å². The smallest absolute Gasteiger partial charge is 0.108 e. The van der Waals surface area contributed by atoms with Crippen molar-refractivity contribution in [2.75, 3.05) is 0 Å². The van der Waals surface area contributed by atoms with E-state index in [-0.39, 0.29) is 6.61 Å². The average molecular weight is 207 g/mol. The molecule has 15 heavy (non-hydrogen) atoms. The predicted octanol–water partition coefficient (Wildman–Crippen LogP) is 1.21. The van der Waals surface area contributed by atoms with Gasteiger partial charge in [-0.3, -0.25) is 4.68 Å². The Kier molecular flexibility index (Phi) is 2.24. The van der Waals surface area contributed by atoms with E-state index in [1.54, 1.807) is 0 Å². The minimum atomic E-state index is -0.00325. The molecule has 3 atom stereocenters. The molecular weight excluding hydrogens is 190 g/mol. The van der Waals surface area contributed by atoms with Crippen molar-refractivity contribution in [3.8, 4) is 0 Å². The van der Waals surface area contributed by atoms with Gasteiger partial charge in [0.1, 0.15) is 5.69 Å². The van der Waals surface area contributed by atoms with Crippen LogP contribution < -0.4 is 0 Å². The minimum absolute atomic E-state index is 0.00325. The van der Waals surface area contributed by atoms with E-state index < -0.39 is 0 Å². The first-order valence-electron chi connectivity index (χ1n) is 5.85. The predicted molar refractivity (Wildman–Crippen MR) is 54.9 cm³/mol. The van der Waals surface area contributed by atoms with Gasteiger partial charge < -0.3 is 5.11 Å². The molecule has 0 aliphatic heterocycles. The fourth-order valence-electron chi connectivity index (χ4n) is 3.34. The summed E-state index contributed by atoms with van der Waals surface area (Å²) in [5.41, 5.74) is 0.679. The molecule has 4 heteroatoms. The summed E-state index contributed by atoms with van der Waals surface area (Å²) < 4.78 is 1.90. The van der Waals surface area contributed by atoms with Crippen LogP contribution in [0.15, 0.2) is 6.20 Å². The van der Waals surface area contributed by atoms with Crippen LogP contribution in [0.4, 0.5) is 0 Å². The first-order valence-corrected chi connectivity index (χ1v) is 5.85. The quantitative estimate of drug-likeness (QED) is 0.810. The van der Waals surface area contributed by atoms with Crippen LogP contribution >= 0.6 is 0 Å². The molecule has 2 bridgehead atoms. The van der Waals surface area contributed by atoms with Crippen molar-refractivity contribution in [1.82, 2.24) is 15.0 Å². The van der Waals surface area contributed by atoms with Crippen LogP contribution in [0, 0.1) is 17.8 Å². The Morgan fingerprint density at radius 3 is 2.93 bits per heavy atom. The van der Waals surface area contributed by atoms with Crippen LogP contribution in [0.2, 0.25) is 0 Å². The molecule has 0 spiro atoms. The summed E-state index contributed by atoms with van der Waals surface area (Å²) in [6, 6.07) is 0. The van der Waals surface area contributed by atoms with Gasteiger partial charge in [-0.2, -0.15) is 0 Å². The van der Waals surface area contributed by atoms with E-state index in [9.17, 15) is 0 Å². The van der Waals surface area contributed by atoms with E-state index >= 15 is 0 Å². The van der Waals surface area contributed by atoms with Crippen molar-refractivity contribution >= 4 is 0 Å². The lowest BCUT2D eigenvalue weighted by atomic mass is 9.89. The molecule has 2 aliphatic rings. The highest BCUT2D eigenvalue weighted by Gasteiger charge is 2.39. The normalized spacial score (nSPS) is 33.8. The molecule has 3 rings (SSSR count). The molecule has 3 unspecified atom stereocenters. The lowest BCUT2D eigenvalue weighted by Gasteiger charge is -2.20. The maximum atomic E-state index is 8.90. The first-order chi connectivity index (χ1) is 7.35. The standard InChI is InChI=1S/C11H17N3O/c15-7-11-6-14(13-12-11)5-10-4-8-1-2-9(10)3-8/h6,8-10,15H,1-5,7H2. The summed E-state index contributed by atoms with van der Waals surface area (Å²) >= 11 is 0. The fourth-order valence-corrected chi connectivity index (χ4v) is 3.34. The van der Waals surface area contributed by atoms with E-state index in [4.69, 9.17) is 5.11 Å². The third kappa shape index (κ3) is 1.67. The molecule has 0 aromatic carbocycles. The largest absolute Gasteiger partial charge is 0.390 e. The second kappa shape index (κ2) is 3.59. The molecule has 82 valence electrons. The van der Waals surface area contributed by atoms with Crippen molar-refractivity contribution < 1.29 is 5.11 Å². The maximum absolute atomic E-state index is 8.90. The van der Waals surface area contributed by atoms with Gasteiger partial charge in [0.2, 0.25) is 0 Å². The molecule has 1 aromatic heterocycles. The SMILES string of the molecule is OCc1cn(CC2CC3CCC2C3)nn1. The van der Waals surface area contributed by atoms with Crippen molar-refractivity contribution in [2.45, 2.75) is 38.8 Å². The van der Waals surface area contributed by atoms with Gasteiger partial charge in [0, 0.05) is 6.54 Å². The number of aliphatic hydroxyl groups is 1. The Balaban J connectivity index is 1.65. The molecular formula is C11H17N3O. The molecule has 1 N–H and O–H groups in total. The summed E-state index contributed by atoms with van der Waals surface area (Å²) in [4.78, 5) is 0. The Bertz CT molecular complexity index is 349. The molecule has 2 aliphatic carbocycles. The van der Waals surface area contributed by atoms with Gasteiger partial charge >= 0.3 is 0 Å². The minimum Gasteiger partial charge on any atom is -0.390 e. The van der Waals surface area contributed by atoms with Crippen LogP contribution in [-0.4, -0.2) is 20.1 Å². The van der Waals surface area contributed by atoms with Gasteiger partial charge in [0.15, 0.2) is 0 Å². The number of aliphatic hydroxyl groups excluding tert-OH is 1. The number of fused-ring (bicyclic) bond motifs is 2. The maximum Gasteiger partial charge on any atom is 0.108 e. The highest BCUT2D eigenvalue weighted by molar-refractivity contribution is 4.93. The first kappa shape index (κ1) is 9.33. The molecule has 1 heterocycles. The van der Waals surface area contributed by atoms with Crippen LogP contribution in [-0.2, 0) is 13.2 Å². The highest BCUT2D eigenvalue weighted by Crippen LogP contribution is 2.48. The zero-order valence-corrected chi connectivity index (χ0v) is 8.84. The van der Waals surface area contributed by atoms with Crippen molar-refractivity contribution in [3.63, 3.8) is 0 Å². The number of rotatable bonds is 3. The average Bonchev–Trinajstić information content (AvgIpc) is 2.92. The van der Waals surface area contributed by atoms with Gasteiger partial charge in [-0.25, -0.2) is 0 Å². The zero-order valence-electron chi connectivity index (χ0n) is 8.84. The number of nitrogens with zero attached hydrogens (tertiary/aromatic N) is 3. The monoisotopic (exact) mass is 207 g/mol. The van der Waals surface area contributed by atoms with E-state index in [0.717, 1.165) is 24.3 Å². The molecule has 4 nitrogen and oxygen atoms in total. The molecule has 2 fully saturated rings. The lowest BCUT2D eigenvalue weighted by Crippen LogP contribution is -2.17. The van der Waals surface area contributed by atoms with Gasteiger partial charge in [0.25, 0.3) is 0 Å². The van der Waals surface area contributed by atoms with Gasteiger partial charge in [0.05, 0.1) is 12.8 Å². The van der Waals surface area contributed by atoms with Gasteiger partial charge in [-0.1, -0.05) is 11.6 Å². The Morgan fingerprint density at radius 2 is 2.33 bits per heavy atom. The van der Waals surface area contributed by atoms with Crippen molar-refractivity contribution in [2.24, 2.45) is 17.8 Å².